The van der Waals surface area contributed by atoms with E-state index in [2.05, 4.69) is 5.32 Å². The lowest BCUT2D eigenvalue weighted by Gasteiger charge is -2.08. The Balaban J connectivity index is 2.31. The summed E-state index contributed by atoms with van der Waals surface area (Å²) in [5.74, 6) is -0.514. The summed E-state index contributed by atoms with van der Waals surface area (Å²) in [4.78, 5) is 20.8. The molecule has 98 valence electrons. The molecule has 1 aromatic carbocycles. The third-order valence-electron chi connectivity index (χ3n) is 2.67. The molecule has 0 fully saturated rings. The first-order valence-electron chi connectivity index (χ1n) is 5.74. The molecule has 0 saturated heterocycles. The number of hydrogen-bond acceptors (Lipinski definition) is 4. The molecule has 1 unspecified atom stereocenters. The molecular weight excluding hydrogens is 234 g/mol. The van der Waals surface area contributed by atoms with Crippen molar-refractivity contribution in [1.29, 1.82) is 0 Å². The largest absolute Gasteiger partial charge is 0.369 e. The number of benzene rings is 1. The SMILES string of the molecule is CC(CNCCc1ccc([N+](=O)[O-])cc1)C(N)=O. The van der Waals surface area contributed by atoms with Crippen molar-refractivity contribution in [3.8, 4) is 0 Å². The molecule has 0 saturated carbocycles. The van der Waals surface area contributed by atoms with E-state index < -0.39 is 4.92 Å². The smallest absolute Gasteiger partial charge is 0.269 e. The van der Waals surface area contributed by atoms with Gasteiger partial charge < -0.3 is 11.1 Å². The lowest BCUT2D eigenvalue weighted by atomic mass is 10.1. The first kappa shape index (κ1) is 14.1. The fourth-order valence-electron chi connectivity index (χ4n) is 1.44. The van der Waals surface area contributed by atoms with Crippen LogP contribution in [-0.2, 0) is 11.2 Å². The van der Waals surface area contributed by atoms with Crippen LogP contribution in [0.15, 0.2) is 24.3 Å². The topological polar surface area (TPSA) is 98.3 Å². The minimum absolute atomic E-state index is 0.0917. The number of non-ortho nitro benzene ring substituents is 1. The Morgan fingerprint density at radius 3 is 2.56 bits per heavy atom. The highest BCUT2D eigenvalue weighted by molar-refractivity contribution is 5.76. The van der Waals surface area contributed by atoms with Gasteiger partial charge in [0.15, 0.2) is 0 Å². The zero-order valence-corrected chi connectivity index (χ0v) is 10.3. The maximum atomic E-state index is 10.8. The Bertz CT molecular complexity index is 417. The first-order valence-corrected chi connectivity index (χ1v) is 5.74. The van der Waals surface area contributed by atoms with Crippen LogP contribution >= 0.6 is 0 Å². The Morgan fingerprint density at radius 2 is 2.06 bits per heavy atom. The van der Waals surface area contributed by atoms with Gasteiger partial charge in [-0.2, -0.15) is 0 Å². The highest BCUT2D eigenvalue weighted by Gasteiger charge is 2.07. The van der Waals surface area contributed by atoms with Crippen molar-refractivity contribution in [3.63, 3.8) is 0 Å². The molecule has 0 radical (unpaired) electrons. The van der Waals surface area contributed by atoms with Crippen molar-refractivity contribution >= 4 is 11.6 Å². The van der Waals surface area contributed by atoms with Crippen molar-refractivity contribution in [1.82, 2.24) is 5.32 Å². The summed E-state index contributed by atoms with van der Waals surface area (Å²) in [6.45, 7) is 3.01. The number of amides is 1. The Hall–Kier alpha value is -1.95. The average Bonchev–Trinajstić information content (AvgIpc) is 2.34. The molecule has 0 heterocycles. The summed E-state index contributed by atoms with van der Waals surface area (Å²) in [5, 5.41) is 13.6. The lowest BCUT2D eigenvalue weighted by molar-refractivity contribution is -0.384. The molecule has 1 atom stereocenters. The van der Waals surface area contributed by atoms with Gasteiger partial charge in [0.1, 0.15) is 0 Å². The molecule has 1 amide bonds. The van der Waals surface area contributed by atoms with Crippen LogP contribution in [0.1, 0.15) is 12.5 Å². The fraction of sp³-hybridized carbons (Fsp3) is 0.417. The molecule has 1 rings (SSSR count). The number of nitrogens with one attached hydrogen (secondary N) is 1. The van der Waals surface area contributed by atoms with Gasteiger partial charge in [-0.25, -0.2) is 0 Å². The Morgan fingerprint density at radius 1 is 1.44 bits per heavy atom. The van der Waals surface area contributed by atoms with E-state index in [1.165, 1.54) is 12.1 Å². The van der Waals surface area contributed by atoms with Crippen LogP contribution in [0.5, 0.6) is 0 Å². The van der Waals surface area contributed by atoms with Gasteiger partial charge in [-0.3, -0.25) is 14.9 Å². The molecular formula is C12H17N3O3. The number of carbonyl (C=O) groups excluding carboxylic acids is 1. The normalized spacial score (nSPS) is 12.1. The van der Waals surface area contributed by atoms with E-state index in [0.29, 0.717) is 13.1 Å². The number of nitro groups is 1. The van der Waals surface area contributed by atoms with Crippen LogP contribution in [0, 0.1) is 16.0 Å². The molecule has 0 aliphatic rings. The van der Waals surface area contributed by atoms with E-state index in [4.69, 9.17) is 5.73 Å². The van der Waals surface area contributed by atoms with E-state index in [1.54, 1.807) is 19.1 Å². The molecule has 0 spiro atoms. The highest BCUT2D eigenvalue weighted by Crippen LogP contribution is 2.11. The minimum atomic E-state index is -0.420. The predicted molar refractivity (Wildman–Crippen MR) is 68.0 cm³/mol. The second-order valence-electron chi connectivity index (χ2n) is 4.18. The number of carbonyl (C=O) groups is 1. The molecule has 1 aromatic rings. The van der Waals surface area contributed by atoms with Crippen LogP contribution in [0.25, 0.3) is 0 Å². The zero-order chi connectivity index (χ0) is 13.5. The predicted octanol–water partition coefficient (Wildman–Crippen LogP) is 0.848. The maximum Gasteiger partial charge on any atom is 0.269 e. The highest BCUT2D eigenvalue weighted by atomic mass is 16.6. The van der Waals surface area contributed by atoms with E-state index in [1.807, 2.05) is 0 Å². The third kappa shape index (κ3) is 4.50. The van der Waals surface area contributed by atoms with Crippen LogP contribution in [0.2, 0.25) is 0 Å². The van der Waals surface area contributed by atoms with Crippen molar-refractivity contribution in [2.45, 2.75) is 13.3 Å². The first-order chi connectivity index (χ1) is 8.50. The van der Waals surface area contributed by atoms with Gasteiger partial charge in [0.05, 0.1) is 4.92 Å². The van der Waals surface area contributed by atoms with Gasteiger partial charge in [0.2, 0.25) is 5.91 Å². The number of nitrogens with zero attached hydrogens (tertiary/aromatic N) is 1. The van der Waals surface area contributed by atoms with Crippen molar-refractivity contribution < 1.29 is 9.72 Å². The van der Waals surface area contributed by atoms with Gasteiger partial charge in [0, 0.05) is 24.6 Å². The van der Waals surface area contributed by atoms with Gasteiger partial charge in [-0.1, -0.05) is 19.1 Å². The molecule has 6 heteroatoms. The molecule has 0 aliphatic carbocycles. The quantitative estimate of drug-likeness (QED) is 0.426. The zero-order valence-electron chi connectivity index (χ0n) is 10.3. The summed E-state index contributed by atoms with van der Waals surface area (Å²) in [5.41, 5.74) is 6.24. The lowest BCUT2D eigenvalue weighted by Crippen LogP contribution is -2.31. The standard InChI is InChI=1S/C12H17N3O3/c1-9(12(13)16)8-14-7-6-10-2-4-11(5-3-10)15(17)18/h2-5,9,14H,6-8H2,1H3,(H2,13,16). The van der Waals surface area contributed by atoms with Crippen LogP contribution < -0.4 is 11.1 Å². The van der Waals surface area contributed by atoms with Gasteiger partial charge in [-0.05, 0) is 18.5 Å². The van der Waals surface area contributed by atoms with Gasteiger partial charge >= 0.3 is 0 Å². The Kier molecular flexibility index (Phi) is 5.26. The molecule has 18 heavy (non-hydrogen) atoms. The number of rotatable bonds is 7. The second kappa shape index (κ2) is 6.70. The van der Waals surface area contributed by atoms with E-state index >= 15 is 0 Å². The molecule has 3 N–H and O–H groups in total. The molecule has 0 bridgehead atoms. The summed E-state index contributed by atoms with van der Waals surface area (Å²) >= 11 is 0. The van der Waals surface area contributed by atoms with Crippen molar-refractivity contribution in [3.05, 3.63) is 39.9 Å². The monoisotopic (exact) mass is 251 g/mol. The second-order valence-corrected chi connectivity index (χ2v) is 4.18. The number of nitrogens with two attached hydrogens (primary N) is 1. The number of primary amides is 1. The van der Waals surface area contributed by atoms with Crippen LogP contribution in [-0.4, -0.2) is 23.9 Å². The van der Waals surface area contributed by atoms with Crippen molar-refractivity contribution in [2.75, 3.05) is 13.1 Å². The summed E-state index contributed by atoms with van der Waals surface area (Å²) < 4.78 is 0. The Labute approximate surface area is 105 Å². The number of nitro benzene ring substituents is 1. The maximum absolute atomic E-state index is 10.8. The average molecular weight is 251 g/mol. The van der Waals surface area contributed by atoms with Gasteiger partial charge in [0.25, 0.3) is 5.69 Å². The fourth-order valence-corrected chi connectivity index (χ4v) is 1.44. The molecule has 0 aliphatic heterocycles. The summed E-state index contributed by atoms with van der Waals surface area (Å²) in [6.07, 6.45) is 0.753. The number of hydrogen-bond donors (Lipinski definition) is 2. The summed E-state index contributed by atoms with van der Waals surface area (Å²) in [7, 11) is 0. The van der Waals surface area contributed by atoms with Crippen LogP contribution in [0.3, 0.4) is 0 Å². The van der Waals surface area contributed by atoms with E-state index in [9.17, 15) is 14.9 Å². The molecule has 6 nitrogen and oxygen atoms in total. The third-order valence-corrected chi connectivity index (χ3v) is 2.67. The van der Waals surface area contributed by atoms with E-state index in [-0.39, 0.29) is 17.5 Å². The summed E-state index contributed by atoms with van der Waals surface area (Å²) in [6, 6.07) is 6.44. The van der Waals surface area contributed by atoms with Crippen LogP contribution in [0.4, 0.5) is 5.69 Å². The molecule has 0 aromatic heterocycles. The van der Waals surface area contributed by atoms with Crippen molar-refractivity contribution in [2.24, 2.45) is 11.7 Å². The van der Waals surface area contributed by atoms with Gasteiger partial charge in [-0.15, -0.1) is 0 Å². The van der Waals surface area contributed by atoms with E-state index in [0.717, 1.165) is 12.0 Å². The minimum Gasteiger partial charge on any atom is -0.369 e.